The van der Waals surface area contributed by atoms with Gasteiger partial charge in [-0.3, -0.25) is 9.35 Å². The van der Waals surface area contributed by atoms with Crippen LogP contribution < -0.4 is 0 Å². The Morgan fingerprint density at radius 1 is 0.567 bits per heavy atom. The predicted molar refractivity (Wildman–Crippen MR) is 271 cm³/mol. The first-order valence-electron chi connectivity index (χ1n) is 27.6. The first-order valence-corrected chi connectivity index (χ1v) is 29.0. The number of esters is 1. The van der Waals surface area contributed by atoms with Gasteiger partial charge in [0.05, 0.1) is 19.8 Å². The van der Waals surface area contributed by atoms with Crippen LogP contribution in [0.5, 0.6) is 0 Å². The summed E-state index contributed by atoms with van der Waals surface area (Å²) in [4.78, 5) is 12.9. The van der Waals surface area contributed by atoms with Crippen LogP contribution in [0.1, 0.15) is 251 Å². The normalized spacial score (nSPS) is 19.5. The molecule has 0 saturated carbocycles. The Labute approximate surface area is 410 Å². The molecular formula is C54H102O12S. The van der Waals surface area contributed by atoms with Gasteiger partial charge in [0.25, 0.3) is 0 Å². The Hall–Kier alpha value is -1.42. The van der Waals surface area contributed by atoms with Gasteiger partial charge < -0.3 is 34.3 Å². The van der Waals surface area contributed by atoms with Crippen LogP contribution in [0, 0.1) is 0 Å². The number of carbonyl (C=O) groups is 1. The van der Waals surface area contributed by atoms with Crippen molar-refractivity contribution in [3.05, 3.63) is 24.3 Å². The first-order chi connectivity index (χ1) is 32.6. The summed E-state index contributed by atoms with van der Waals surface area (Å²) in [6.45, 7) is 4.03. The quantitative estimate of drug-likeness (QED) is 0.0197. The monoisotopic (exact) mass is 975 g/mol. The standard InChI is InChI=1S/C54H102O12S/c1-3-5-7-9-11-13-15-17-19-21-22-23-24-25-26-27-29-31-33-35-37-39-41-43-50(56)64-48(47-63-54-52(58)53(66-67(59,60)61)51(57)49(45-55)65-54)46-62-44-42-40-38-36-34-32-30-28-20-18-16-14-12-10-8-6-4-2/h15,17,21-22,48-49,51-55,57-58H,3-14,16,18-20,23-47H2,1-2H3,(H,59,60,61)/b17-15-,22-21-. The van der Waals surface area contributed by atoms with E-state index in [0.717, 1.165) is 44.9 Å². The fourth-order valence-electron chi connectivity index (χ4n) is 8.65. The Morgan fingerprint density at radius 3 is 1.42 bits per heavy atom. The maximum absolute atomic E-state index is 12.9. The second kappa shape index (κ2) is 45.7. The third-order valence-corrected chi connectivity index (χ3v) is 13.3. The van der Waals surface area contributed by atoms with Crippen LogP contribution in [-0.4, -0.2) is 97.5 Å². The summed E-state index contributed by atoms with van der Waals surface area (Å²) in [6.07, 6.45) is 44.9. The van der Waals surface area contributed by atoms with Crippen molar-refractivity contribution in [1.29, 1.82) is 0 Å². The molecule has 0 aromatic heterocycles. The number of ether oxygens (including phenoxy) is 4. The summed E-state index contributed by atoms with van der Waals surface area (Å²) >= 11 is 0. The highest BCUT2D eigenvalue weighted by Gasteiger charge is 2.48. The number of aliphatic hydroxyl groups excluding tert-OH is 3. The maximum Gasteiger partial charge on any atom is 0.397 e. The molecular weight excluding hydrogens is 873 g/mol. The Bertz CT molecular complexity index is 1260. The molecule has 1 aliphatic rings. The summed E-state index contributed by atoms with van der Waals surface area (Å²) in [5.41, 5.74) is 0. The van der Waals surface area contributed by atoms with Gasteiger partial charge in [-0.25, -0.2) is 4.18 Å². The van der Waals surface area contributed by atoms with E-state index >= 15 is 0 Å². The molecule has 6 unspecified atom stereocenters. The fraction of sp³-hybridized carbons (Fsp3) is 0.907. The number of rotatable bonds is 49. The number of allylic oxidation sites excluding steroid dienone is 4. The number of hydrogen-bond acceptors (Lipinski definition) is 11. The molecule has 1 heterocycles. The third-order valence-electron chi connectivity index (χ3n) is 12.8. The lowest BCUT2D eigenvalue weighted by molar-refractivity contribution is -0.301. The summed E-state index contributed by atoms with van der Waals surface area (Å²) in [7, 11) is -5.06. The summed E-state index contributed by atoms with van der Waals surface area (Å²) in [5.74, 6) is -0.396. The smallest absolute Gasteiger partial charge is 0.397 e. The molecule has 0 radical (unpaired) electrons. The van der Waals surface area contributed by atoms with Crippen LogP contribution in [0.2, 0.25) is 0 Å². The Balaban J connectivity index is 2.31. The molecule has 1 fully saturated rings. The molecule has 0 bridgehead atoms. The average Bonchev–Trinajstić information content (AvgIpc) is 3.30. The molecule has 0 aromatic rings. The molecule has 4 N–H and O–H groups in total. The number of carbonyl (C=O) groups excluding carboxylic acids is 1. The minimum atomic E-state index is -5.06. The van der Waals surface area contributed by atoms with Gasteiger partial charge in [0.2, 0.25) is 0 Å². The van der Waals surface area contributed by atoms with Gasteiger partial charge in [-0.05, 0) is 44.9 Å². The van der Waals surface area contributed by atoms with Crippen LogP contribution in [0.3, 0.4) is 0 Å². The summed E-state index contributed by atoms with van der Waals surface area (Å²) in [5, 5.41) is 30.8. The van der Waals surface area contributed by atoms with Gasteiger partial charge in [-0.1, -0.05) is 224 Å². The van der Waals surface area contributed by atoms with Crippen LogP contribution >= 0.6 is 0 Å². The highest BCUT2D eigenvalue weighted by Crippen LogP contribution is 2.26. The molecule has 67 heavy (non-hydrogen) atoms. The van der Waals surface area contributed by atoms with Gasteiger partial charge in [-0.15, -0.1) is 0 Å². The van der Waals surface area contributed by atoms with E-state index in [4.69, 9.17) is 18.9 Å². The SMILES string of the molecule is CCCCCCC/C=C\C/C=C\CCCCCCCCCCCCCC(=O)OC(COCCCCCCCCCCCCCCCCCCC)COC1OC(CO)C(O)C(OS(=O)(=O)O)C1O. The second-order valence-electron chi connectivity index (χ2n) is 19.2. The predicted octanol–water partition coefficient (Wildman–Crippen LogP) is 13.1. The summed E-state index contributed by atoms with van der Waals surface area (Å²) in [6, 6.07) is 0. The topological polar surface area (TPSA) is 178 Å². The van der Waals surface area contributed by atoms with E-state index in [-0.39, 0.29) is 19.6 Å². The minimum absolute atomic E-state index is 0.0404. The number of aliphatic hydroxyl groups is 3. The van der Waals surface area contributed by atoms with Crippen molar-refractivity contribution >= 4 is 16.4 Å². The fourth-order valence-corrected chi connectivity index (χ4v) is 9.16. The van der Waals surface area contributed by atoms with Crippen LogP contribution in [0.15, 0.2) is 24.3 Å². The molecule has 13 heteroatoms. The van der Waals surface area contributed by atoms with Gasteiger partial charge in [-0.2, -0.15) is 8.42 Å². The molecule has 396 valence electrons. The summed E-state index contributed by atoms with van der Waals surface area (Å²) < 4.78 is 59.3. The van der Waals surface area contributed by atoms with E-state index in [2.05, 4.69) is 42.3 Å². The Morgan fingerprint density at radius 2 is 0.985 bits per heavy atom. The van der Waals surface area contributed by atoms with E-state index in [1.165, 1.54) is 180 Å². The lowest BCUT2D eigenvalue weighted by Crippen LogP contribution is -2.60. The molecule has 1 saturated heterocycles. The highest BCUT2D eigenvalue weighted by molar-refractivity contribution is 7.80. The lowest BCUT2D eigenvalue weighted by Gasteiger charge is -2.41. The maximum atomic E-state index is 12.9. The molecule has 0 spiro atoms. The molecule has 0 aromatic carbocycles. The largest absolute Gasteiger partial charge is 0.457 e. The van der Waals surface area contributed by atoms with Crippen molar-refractivity contribution in [1.82, 2.24) is 0 Å². The minimum Gasteiger partial charge on any atom is -0.457 e. The first kappa shape index (κ1) is 63.6. The van der Waals surface area contributed by atoms with Crippen molar-refractivity contribution in [2.45, 2.75) is 288 Å². The van der Waals surface area contributed by atoms with Crippen LogP contribution in [-0.2, 0) is 38.3 Å². The third kappa shape index (κ3) is 39.0. The molecule has 12 nitrogen and oxygen atoms in total. The van der Waals surface area contributed by atoms with Crippen molar-refractivity contribution in [2.75, 3.05) is 26.4 Å². The van der Waals surface area contributed by atoms with Gasteiger partial charge in [0.15, 0.2) is 6.29 Å². The zero-order valence-corrected chi connectivity index (χ0v) is 43.5. The zero-order chi connectivity index (χ0) is 48.9. The number of hydrogen-bond donors (Lipinski definition) is 4. The van der Waals surface area contributed by atoms with Crippen LogP contribution in [0.4, 0.5) is 0 Å². The van der Waals surface area contributed by atoms with E-state index < -0.39 is 59.8 Å². The lowest BCUT2D eigenvalue weighted by atomic mass is 9.99. The number of unbranched alkanes of at least 4 members (excludes halogenated alkanes) is 32. The molecule has 0 aliphatic carbocycles. The molecule has 6 atom stereocenters. The zero-order valence-electron chi connectivity index (χ0n) is 42.7. The molecule has 0 amide bonds. The van der Waals surface area contributed by atoms with Crippen molar-refractivity contribution < 1.29 is 56.2 Å². The Kier molecular flexibility index (Phi) is 43.4. The van der Waals surface area contributed by atoms with E-state index in [9.17, 15) is 33.1 Å². The van der Waals surface area contributed by atoms with Gasteiger partial charge in [0.1, 0.15) is 30.5 Å². The van der Waals surface area contributed by atoms with Gasteiger partial charge >= 0.3 is 16.4 Å². The van der Waals surface area contributed by atoms with E-state index in [1.807, 2.05) is 0 Å². The van der Waals surface area contributed by atoms with Crippen molar-refractivity contribution in [2.24, 2.45) is 0 Å². The van der Waals surface area contributed by atoms with Crippen molar-refractivity contribution in [3.8, 4) is 0 Å². The van der Waals surface area contributed by atoms with Gasteiger partial charge in [0, 0.05) is 13.0 Å². The van der Waals surface area contributed by atoms with E-state index in [1.54, 1.807) is 0 Å². The highest BCUT2D eigenvalue weighted by atomic mass is 32.3. The average molecular weight is 975 g/mol. The van der Waals surface area contributed by atoms with E-state index in [0.29, 0.717) is 13.0 Å². The molecule has 1 aliphatic heterocycles. The van der Waals surface area contributed by atoms with Crippen molar-refractivity contribution in [3.63, 3.8) is 0 Å². The molecule has 1 rings (SSSR count). The van der Waals surface area contributed by atoms with Crippen LogP contribution in [0.25, 0.3) is 0 Å². The second-order valence-corrected chi connectivity index (χ2v) is 20.2.